The van der Waals surface area contributed by atoms with E-state index in [2.05, 4.69) is 77.5 Å². The Kier molecular flexibility index (Phi) is 85.4. The number of rotatable bonds is 24. The van der Waals surface area contributed by atoms with Crippen LogP contribution < -0.4 is 226 Å². The molecule has 464 valence electrons. The third-order valence-corrected chi connectivity index (χ3v) is 10.1. The molecule has 0 fully saturated rings. The molecule has 5 aromatic rings. The van der Waals surface area contributed by atoms with E-state index in [4.69, 9.17) is 59.3 Å². The normalized spacial score (nSPS) is 9.46. The molecule has 0 saturated carbocycles. The summed E-state index contributed by atoms with van der Waals surface area (Å²) in [6.07, 6.45) is 15.2. The van der Waals surface area contributed by atoms with Gasteiger partial charge in [0.15, 0.2) is 0 Å². The van der Waals surface area contributed by atoms with E-state index in [0.717, 1.165) is 78.0 Å². The molecule has 0 heterocycles. The zero-order chi connectivity index (χ0) is 62.4. The van der Waals surface area contributed by atoms with Crippen LogP contribution in [0, 0.1) is 0 Å². The minimum absolute atomic E-state index is 0. The van der Waals surface area contributed by atoms with Crippen molar-refractivity contribution in [1.29, 1.82) is 0 Å². The summed E-state index contributed by atoms with van der Waals surface area (Å²) in [5.41, 5.74) is 3.78. The molecule has 1 atom stereocenters. The molecular formula is C58H75BrCl2K4O21S. The number of esters is 1. The number of carbonyl (C=O) groups excluding carboxylic acids is 3. The van der Waals surface area contributed by atoms with Crippen LogP contribution in [0.4, 0.5) is 0 Å². The second-order valence-corrected chi connectivity index (χ2v) is 18.9. The molecule has 1 unspecified atom stereocenters. The molecule has 0 radical (unpaired) electrons. The number of phenolic OH excluding ortho intramolecular Hbond substituents is 2. The summed E-state index contributed by atoms with van der Waals surface area (Å²) in [4.78, 5) is 69.2. The first-order valence-electron chi connectivity index (χ1n) is 24.6. The van der Waals surface area contributed by atoms with E-state index < -0.39 is 39.2 Å². The van der Waals surface area contributed by atoms with Crippen molar-refractivity contribution in [2.45, 2.75) is 92.1 Å². The van der Waals surface area contributed by atoms with Crippen molar-refractivity contribution in [1.82, 2.24) is 0 Å². The number of carboxylic acids is 3. The number of aromatic hydroxyl groups is 2. The van der Waals surface area contributed by atoms with E-state index >= 15 is 0 Å². The van der Waals surface area contributed by atoms with E-state index in [1.807, 2.05) is 24.3 Å². The van der Waals surface area contributed by atoms with Gasteiger partial charge in [-0.15, -0.1) is 0 Å². The fourth-order valence-corrected chi connectivity index (χ4v) is 5.99. The SMILES string of the molecule is C.CCCCCBr.CCCCCOc1ccc(C(=O)O)cc1.CCCCCOc1ccc(C(OO)c2ccc(C=CC(=O)O)cc2)cc1.COC(=O)c1ccc(O)cc1.O=C(O)C=Cc1ccc(O)cc1.O=CO[O-].O=CO[O-].O=S(Cl)Cl.[H-].[H-].[K+].[K+].[K+].[K+]. The van der Waals surface area contributed by atoms with Crippen molar-refractivity contribution in [3.63, 3.8) is 0 Å². The Morgan fingerprint density at radius 1 is 0.575 bits per heavy atom. The molecule has 0 saturated heterocycles. The third kappa shape index (κ3) is 63.7. The molecule has 5 aromatic carbocycles. The number of ether oxygens (including phenoxy) is 3. The number of aromatic carboxylic acids is 1. The number of phenols is 2. The van der Waals surface area contributed by atoms with Gasteiger partial charge in [-0.3, -0.25) is 14.8 Å². The summed E-state index contributed by atoms with van der Waals surface area (Å²) < 4.78 is 24.7. The Balaban J connectivity index is -0.000000108. The summed E-state index contributed by atoms with van der Waals surface area (Å²) >= 11 is 3.35. The van der Waals surface area contributed by atoms with Crippen LogP contribution in [-0.2, 0) is 47.8 Å². The van der Waals surface area contributed by atoms with E-state index in [-0.39, 0.29) is 246 Å². The molecule has 87 heavy (non-hydrogen) atoms. The van der Waals surface area contributed by atoms with Crippen LogP contribution in [0.15, 0.2) is 133 Å². The second-order valence-electron chi connectivity index (χ2n) is 15.6. The quantitative estimate of drug-likeness (QED) is 0.00541. The Bertz CT molecular complexity index is 2540. The fourth-order valence-electron chi connectivity index (χ4n) is 5.59. The number of hydrogen-bond donors (Lipinski definition) is 6. The summed E-state index contributed by atoms with van der Waals surface area (Å²) in [6, 6.07) is 33.2. The van der Waals surface area contributed by atoms with Gasteiger partial charge in [0, 0.05) is 38.8 Å². The van der Waals surface area contributed by atoms with Crippen molar-refractivity contribution < 1.29 is 312 Å². The van der Waals surface area contributed by atoms with Crippen LogP contribution in [0.2, 0.25) is 0 Å². The average molecular weight is 1450 g/mol. The molecule has 0 amide bonds. The van der Waals surface area contributed by atoms with Gasteiger partial charge >= 0.3 is 229 Å². The molecule has 21 nitrogen and oxygen atoms in total. The second kappa shape index (κ2) is 72.6. The molecule has 5 rings (SSSR count). The zero-order valence-corrected chi connectivity index (χ0v) is 65.8. The summed E-state index contributed by atoms with van der Waals surface area (Å²) in [7, 11) is 8.67. The number of benzene rings is 5. The molecule has 0 aliphatic heterocycles. The van der Waals surface area contributed by atoms with Crippen molar-refractivity contribution >= 4 is 95.5 Å². The summed E-state index contributed by atoms with van der Waals surface area (Å²) in [5, 5.41) is 70.7. The van der Waals surface area contributed by atoms with Crippen LogP contribution in [-0.4, -0.2) is 97.5 Å². The minimum Gasteiger partial charge on any atom is -1.00 e. The average Bonchev–Trinajstić information content (AvgIpc) is 2.86. The van der Waals surface area contributed by atoms with Crippen LogP contribution in [0.3, 0.4) is 0 Å². The number of hydrogen-bond acceptors (Lipinski definition) is 18. The number of carbonyl (C=O) groups is 6. The van der Waals surface area contributed by atoms with E-state index in [0.29, 0.717) is 18.8 Å². The molecule has 0 aliphatic rings. The third-order valence-electron chi connectivity index (χ3n) is 9.50. The van der Waals surface area contributed by atoms with Gasteiger partial charge < -0.3 is 62.9 Å². The smallest absolute Gasteiger partial charge is 1.00 e. The predicted octanol–water partition coefficient (Wildman–Crippen LogP) is -0.0843. The van der Waals surface area contributed by atoms with E-state index in [1.54, 1.807) is 60.7 Å². The fraction of sp³-hybridized carbons (Fsp3) is 0.310. The molecule has 0 aliphatic carbocycles. The number of alkyl halides is 1. The van der Waals surface area contributed by atoms with E-state index in [1.165, 1.54) is 86.7 Å². The predicted molar refractivity (Wildman–Crippen MR) is 319 cm³/mol. The van der Waals surface area contributed by atoms with Crippen molar-refractivity contribution in [2.24, 2.45) is 0 Å². The van der Waals surface area contributed by atoms with Crippen LogP contribution in [0.1, 0.15) is 138 Å². The van der Waals surface area contributed by atoms with Crippen LogP contribution in [0.25, 0.3) is 12.2 Å². The molecule has 0 spiro atoms. The largest absolute Gasteiger partial charge is 1.00 e. The maximum Gasteiger partial charge on any atom is 1.00 e. The standard InChI is InChI=1S/C21H24O5.C12H16O3.C9H8O3.C8H8O3.C5H11Br.2CH2O3.CH4.Cl2OS.4K.2H/c1-2-3-4-15-25-19-12-10-18(11-13-19)21(26-24)17-8-5-16(6-9-17)7-14-20(22)23;1-2-3-4-9-15-11-7-5-10(6-8-11)12(13)14;10-8-4-1-7(2-5-8)3-6-9(11)12;1-11-8(10)6-2-4-7(9)5-3-6;1-2-3-4-5-6;2*2-1-4-3;;1-4(2)3;;;;;;/h5-14,21,24H,2-4,15H2,1H3,(H,22,23);5-8H,2-4,9H2,1H3,(H,13,14);1-6,10H,(H,11,12);2-5,9H,1H3;2-5H2,1H3;2*1,3H;1H4;;;;;;;/q;;;;;;;;;4*+1;2*-1/p-2. The summed E-state index contributed by atoms with van der Waals surface area (Å²) in [6.45, 7) is 7.53. The topological polar surface area (TPSA) is 342 Å². The number of carboxylic acid groups (broad SMARTS) is 3. The van der Waals surface area contributed by atoms with Gasteiger partial charge in [0.25, 0.3) is 12.9 Å². The van der Waals surface area contributed by atoms with Gasteiger partial charge in [-0.2, -0.15) is 0 Å². The van der Waals surface area contributed by atoms with Gasteiger partial charge in [-0.25, -0.2) is 28.3 Å². The first-order chi connectivity index (χ1) is 39.3. The molecule has 0 aromatic heterocycles. The van der Waals surface area contributed by atoms with Crippen molar-refractivity contribution in [2.75, 3.05) is 25.7 Å². The van der Waals surface area contributed by atoms with Gasteiger partial charge in [0.2, 0.25) is 9.23 Å². The Morgan fingerprint density at radius 3 is 1.17 bits per heavy atom. The Labute approximate surface area is 702 Å². The van der Waals surface area contributed by atoms with Crippen molar-refractivity contribution in [3.8, 4) is 23.0 Å². The van der Waals surface area contributed by atoms with Crippen LogP contribution in [0.5, 0.6) is 23.0 Å². The first-order valence-corrected chi connectivity index (χ1v) is 28.5. The maximum absolute atomic E-state index is 10.8. The number of methoxy groups -OCH3 is 1. The van der Waals surface area contributed by atoms with Gasteiger partial charge in [-0.05, 0) is 126 Å². The van der Waals surface area contributed by atoms with Crippen LogP contribution >= 0.6 is 37.3 Å². The van der Waals surface area contributed by atoms with Gasteiger partial charge in [-0.1, -0.05) is 131 Å². The minimum atomic E-state index is -1.67. The number of unbranched alkanes of at least 4 members (excludes halogenated alkanes) is 6. The summed E-state index contributed by atoms with van der Waals surface area (Å²) in [5.74, 6) is -1.46. The zero-order valence-electron chi connectivity index (χ0n) is 51.4. The van der Waals surface area contributed by atoms with E-state index in [9.17, 15) is 24.4 Å². The first kappa shape index (κ1) is 102. The number of aliphatic carboxylic acids is 2. The molecule has 6 N–H and O–H groups in total. The number of halogens is 3. The Morgan fingerprint density at radius 2 is 0.885 bits per heavy atom. The molecule has 0 bridgehead atoms. The monoisotopic (exact) mass is 1440 g/mol. The van der Waals surface area contributed by atoms with Gasteiger partial charge in [0.05, 0.1) is 31.5 Å². The Hall–Kier alpha value is -0.805. The molecular weight excluding hydrogens is 1370 g/mol. The maximum atomic E-state index is 10.8. The van der Waals surface area contributed by atoms with Crippen molar-refractivity contribution in [3.05, 3.63) is 167 Å². The van der Waals surface area contributed by atoms with Gasteiger partial charge in [0.1, 0.15) is 29.1 Å². The molecule has 29 heteroatoms.